The average Bonchev–Trinajstić information content (AvgIpc) is 2.46. The van der Waals surface area contributed by atoms with Crippen molar-refractivity contribution in [3.05, 3.63) is 52.6 Å². The van der Waals surface area contributed by atoms with Crippen LogP contribution in [0.5, 0.6) is 0 Å². The minimum atomic E-state index is 1.06. The first-order valence-electron chi connectivity index (χ1n) is 4.63. The predicted octanol–water partition coefficient (Wildman–Crippen LogP) is 3.51. The molecule has 13 heavy (non-hydrogen) atoms. The van der Waals surface area contributed by atoms with E-state index in [4.69, 9.17) is 0 Å². The van der Waals surface area contributed by atoms with E-state index in [-0.39, 0.29) is 0 Å². The summed E-state index contributed by atoms with van der Waals surface area (Å²) in [5, 5.41) is 0. The smallest absolute Gasteiger partial charge is 0.00171 e. The average molecular weight is 170 g/mol. The molecule has 1 aliphatic rings. The molecule has 2 rings (SSSR count). The normalized spacial score (nSPS) is 13.8. The van der Waals surface area contributed by atoms with Crippen molar-refractivity contribution in [3.63, 3.8) is 0 Å². The van der Waals surface area contributed by atoms with Crippen molar-refractivity contribution >= 4 is 6.08 Å². The molecule has 0 radical (unpaired) electrons. The Morgan fingerprint density at radius 2 is 2.15 bits per heavy atom. The van der Waals surface area contributed by atoms with E-state index in [1.54, 1.807) is 0 Å². The second kappa shape index (κ2) is 2.88. The van der Waals surface area contributed by atoms with E-state index in [1.165, 1.54) is 27.8 Å². The van der Waals surface area contributed by atoms with E-state index < -0.39 is 0 Å². The third-order valence-electron chi connectivity index (χ3n) is 2.56. The molecule has 0 amide bonds. The van der Waals surface area contributed by atoms with Crippen LogP contribution in [0, 0.1) is 6.92 Å². The highest BCUT2D eigenvalue weighted by Crippen LogP contribution is 2.28. The summed E-state index contributed by atoms with van der Waals surface area (Å²) < 4.78 is 0. The zero-order valence-electron chi connectivity index (χ0n) is 8.22. The Bertz CT molecular complexity index is 394. The number of hydrogen-bond acceptors (Lipinski definition) is 0. The van der Waals surface area contributed by atoms with Crippen molar-refractivity contribution in [2.75, 3.05) is 0 Å². The monoisotopic (exact) mass is 170 g/mol. The lowest BCUT2D eigenvalue weighted by Crippen LogP contribution is -1.86. The Balaban J connectivity index is 2.41. The van der Waals surface area contributed by atoms with Crippen LogP contribution in [0.4, 0.5) is 0 Å². The van der Waals surface area contributed by atoms with Gasteiger partial charge in [-0.25, -0.2) is 0 Å². The summed E-state index contributed by atoms with van der Waals surface area (Å²) in [6, 6.07) is 6.62. The van der Waals surface area contributed by atoms with E-state index in [9.17, 15) is 0 Å². The van der Waals surface area contributed by atoms with Gasteiger partial charge in [0.25, 0.3) is 0 Å². The molecule has 0 fully saturated rings. The summed E-state index contributed by atoms with van der Waals surface area (Å²) in [6.45, 7) is 8.19. The fourth-order valence-electron chi connectivity index (χ4n) is 1.75. The van der Waals surface area contributed by atoms with Crippen molar-refractivity contribution in [1.29, 1.82) is 0 Å². The van der Waals surface area contributed by atoms with Gasteiger partial charge in [-0.05, 0) is 37.0 Å². The van der Waals surface area contributed by atoms with Crippen LogP contribution in [0.15, 0.2) is 35.9 Å². The molecular weight excluding hydrogens is 156 g/mol. The summed E-state index contributed by atoms with van der Waals surface area (Å²) in [7, 11) is 0. The van der Waals surface area contributed by atoms with Crippen LogP contribution in [0.3, 0.4) is 0 Å². The summed E-state index contributed by atoms with van der Waals surface area (Å²) in [4.78, 5) is 0. The number of hydrogen-bond donors (Lipinski definition) is 0. The lowest BCUT2D eigenvalue weighted by atomic mass is 10.0. The van der Waals surface area contributed by atoms with Crippen LogP contribution in [0.1, 0.15) is 23.6 Å². The second-order valence-corrected chi connectivity index (χ2v) is 3.83. The number of rotatable bonds is 1. The molecule has 0 spiro atoms. The largest absolute Gasteiger partial charge is 0.0958 e. The fourth-order valence-corrected chi connectivity index (χ4v) is 1.75. The first-order chi connectivity index (χ1) is 6.16. The van der Waals surface area contributed by atoms with Gasteiger partial charge in [-0.1, -0.05) is 42.0 Å². The van der Waals surface area contributed by atoms with Crippen LogP contribution in [-0.2, 0) is 6.42 Å². The molecule has 0 N–H and O–H groups in total. The number of fused-ring (bicyclic) bond motifs is 1. The number of allylic oxidation sites excluding steroid dienone is 2. The highest BCUT2D eigenvalue weighted by molar-refractivity contribution is 5.68. The van der Waals surface area contributed by atoms with Gasteiger partial charge in [0.05, 0.1) is 0 Å². The minimum Gasteiger partial charge on any atom is -0.0958 e. The Kier molecular flexibility index (Phi) is 1.84. The van der Waals surface area contributed by atoms with E-state index >= 15 is 0 Å². The van der Waals surface area contributed by atoms with Gasteiger partial charge in [0.15, 0.2) is 0 Å². The number of aryl methyl sites for hydroxylation is 1. The first-order valence-corrected chi connectivity index (χ1v) is 4.63. The molecule has 66 valence electrons. The van der Waals surface area contributed by atoms with Crippen LogP contribution in [0.2, 0.25) is 0 Å². The van der Waals surface area contributed by atoms with E-state index in [0.717, 1.165) is 6.42 Å². The van der Waals surface area contributed by atoms with E-state index in [0.29, 0.717) is 0 Å². The predicted molar refractivity (Wildman–Crippen MR) is 57.7 cm³/mol. The molecule has 1 aromatic carbocycles. The van der Waals surface area contributed by atoms with Crippen molar-refractivity contribution in [2.45, 2.75) is 20.3 Å². The topological polar surface area (TPSA) is 0 Å². The molecule has 0 saturated heterocycles. The molecule has 0 atom stereocenters. The highest BCUT2D eigenvalue weighted by atomic mass is 14.2. The Labute approximate surface area is 79.6 Å². The Morgan fingerprint density at radius 1 is 1.38 bits per heavy atom. The van der Waals surface area contributed by atoms with Crippen molar-refractivity contribution in [2.24, 2.45) is 0 Å². The van der Waals surface area contributed by atoms with Gasteiger partial charge >= 0.3 is 0 Å². The van der Waals surface area contributed by atoms with E-state index in [2.05, 4.69) is 44.7 Å². The summed E-state index contributed by atoms with van der Waals surface area (Å²) in [5.41, 5.74) is 6.71. The van der Waals surface area contributed by atoms with Crippen LogP contribution >= 0.6 is 0 Å². The Hall–Kier alpha value is -1.30. The third-order valence-corrected chi connectivity index (χ3v) is 2.56. The second-order valence-electron chi connectivity index (χ2n) is 3.83. The Morgan fingerprint density at radius 3 is 2.85 bits per heavy atom. The van der Waals surface area contributed by atoms with Gasteiger partial charge in [-0.3, -0.25) is 0 Å². The molecule has 0 aromatic heterocycles. The third kappa shape index (κ3) is 1.44. The summed E-state index contributed by atoms with van der Waals surface area (Å²) in [5.74, 6) is 0. The minimum absolute atomic E-state index is 1.06. The van der Waals surface area contributed by atoms with Crippen molar-refractivity contribution in [1.82, 2.24) is 0 Å². The molecule has 1 aliphatic carbocycles. The molecule has 0 nitrogen and oxygen atoms in total. The molecule has 0 unspecified atom stereocenters. The molecule has 0 aliphatic heterocycles. The summed E-state index contributed by atoms with van der Waals surface area (Å²) >= 11 is 0. The molecule has 0 heteroatoms. The maximum absolute atomic E-state index is 3.97. The van der Waals surface area contributed by atoms with Crippen LogP contribution in [0.25, 0.3) is 6.08 Å². The van der Waals surface area contributed by atoms with Crippen LogP contribution in [-0.4, -0.2) is 0 Å². The molecular formula is C13H14. The fraction of sp³-hybridized carbons (Fsp3) is 0.231. The maximum atomic E-state index is 3.97. The lowest BCUT2D eigenvalue weighted by Gasteiger charge is -2.00. The van der Waals surface area contributed by atoms with Gasteiger partial charge in [-0.15, -0.1) is 0 Å². The molecule has 0 saturated carbocycles. The van der Waals surface area contributed by atoms with Gasteiger partial charge in [0.1, 0.15) is 0 Å². The first kappa shape index (κ1) is 8.31. The van der Waals surface area contributed by atoms with Crippen molar-refractivity contribution in [3.8, 4) is 0 Å². The van der Waals surface area contributed by atoms with Gasteiger partial charge < -0.3 is 0 Å². The van der Waals surface area contributed by atoms with Crippen molar-refractivity contribution < 1.29 is 0 Å². The molecule has 0 heterocycles. The summed E-state index contributed by atoms with van der Waals surface area (Å²) in [6.07, 6.45) is 3.31. The molecule has 0 bridgehead atoms. The van der Waals surface area contributed by atoms with Gasteiger partial charge in [0.2, 0.25) is 0 Å². The van der Waals surface area contributed by atoms with Crippen LogP contribution < -0.4 is 0 Å². The maximum Gasteiger partial charge on any atom is -0.00171 e. The lowest BCUT2D eigenvalue weighted by molar-refractivity contribution is 1.19. The zero-order valence-corrected chi connectivity index (χ0v) is 8.22. The van der Waals surface area contributed by atoms with E-state index in [1.807, 2.05) is 0 Å². The number of benzene rings is 1. The van der Waals surface area contributed by atoms with Gasteiger partial charge in [-0.2, -0.15) is 0 Å². The molecule has 1 aromatic rings. The van der Waals surface area contributed by atoms with Gasteiger partial charge in [0, 0.05) is 0 Å². The standard InChI is InChI=1S/C13H14/c1-9(2)12-7-11-5-4-10(3)6-13(11)8-12/h4-7H,1,8H2,2-3H3. The zero-order chi connectivity index (χ0) is 9.42. The SMILES string of the molecule is C=C(C)C1=Cc2ccc(C)cc2C1. The highest BCUT2D eigenvalue weighted by Gasteiger charge is 2.12. The quantitative estimate of drug-likeness (QED) is 0.605.